The number of nitrogens with zero attached hydrogens (tertiary/aromatic N) is 3. The van der Waals surface area contributed by atoms with Crippen LogP contribution in [0.5, 0.6) is 0 Å². The van der Waals surface area contributed by atoms with Crippen molar-refractivity contribution in [3.63, 3.8) is 0 Å². The van der Waals surface area contributed by atoms with Crippen LogP contribution < -0.4 is 10.7 Å². The molecule has 0 radical (unpaired) electrons. The van der Waals surface area contributed by atoms with Crippen molar-refractivity contribution in [1.29, 1.82) is 0 Å². The van der Waals surface area contributed by atoms with Crippen molar-refractivity contribution in [3.8, 4) is 0 Å². The lowest BCUT2D eigenvalue weighted by Crippen LogP contribution is -2.64. The minimum Gasteiger partial charge on any atom is -0.481 e. The van der Waals surface area contributed by atoms with E-state index in [1.165, 1.54) is 5.01 Å². The summed E-state index contributed by atoms with van der Waals surface area (Å²) in [6.07, 6.45) is 0.281. The highest BCUT2D eigenvalue weighted by molar-refractivity contribution is 5.93. The van der Waals surface area contributed by atoms with E-state index in [4.69, 9.17) is 5.11 Å². The second-order valence-electron chi connectivity index (χ2n) is 7.75. The van der Waals surface area contributed by atoms with Crippen LogP contribution in [0.1, 0.15) is 31.2 Å². The van der Waals surface area contributed by atoms with Gasteiger partial charge in [-0.3, -0.25) is 24.6 Å². The molecule has 0 spiro atoms. The van der Waals surface area contributed by atoms with Crippen LogP contribution in [0.4, 0.5) is 4.79 Å². The highest BCUT2D eigenvalue weighted by Gasteiger charge is 2.44. The number of hydrogen-bond donors (Lipinski definition) is 3. The lowest BCUT2D eigenvalue weighted by molar-refractivity contribution is -0.155. The Balaban J connectivity index is 1.76. The highest BCUT2D eigenvalue weighted by atomic mass is 16.4. The molecule has 1 aromatic carbocycles. The third-order valence-corrected chi connectivity index (χ3v) is 5.32. The molecule has 3 rings (SSSR count). The standard InChI is InChI=1S/C21H25N5O7/c27-13-15(12-19(30)31)22-20(32)16-7-4-9-25-18(29)8-10-24(21(33)26(16)25)23-17(28)11-14-5-2-1-3-6-14/h1-3,5-6,13,15-16H,4,7-12H2,(H,22,32)(H,23,28)(H,30,31). The van der Waals surface area contributed by atoms with Crippen molar-refractivity contribution < 1.29 is 33.9 Å². The number of carbonyl (C=O) groups excluding carboxylic acids is 5. The molecule has 0 aliphatic carbocycles. The molecule has 2 heterocycles. The van der Waals surface area contributed by atoms with E-state index in [1.54, 1.807) is 24.3 Å². The molecule has 12 nitrogen and oxygen atoms in total. The average molecular weight is 459 g/mol. The van der Waals surface area contributed by atoms with Crippen LogP contribution in [-0.2, 0) is 30.4 Å². The van der Waals surface area contributed by atoms with Gasteiger partial charge >= 0.3 is 12.0 Å². The van der Waals surface area contributed by atoms with E-state index in [2.05, 4.69) is 10.7 Å². The van der Waals surface area contributed by atoms with Crippen molar-refractivity contribution >= 4 is 36.0 Å². The van der Waals surface area contributed by atoms with Gasteiger partial charge in [-0.15, -0.1) is 0 Å². The monoisotopic (exact) mass is 459 g/mol. The summed E-state index contributed by atoms with van der Waals surface area (Å²) in [5.41, 5.74) is 3.25. The number of amides is 5. The van der Waals surface area contributed by atoms with Gasteiger partial charge in [0.1, 0.15) is 12.3 Å². The van der Waals surface area contributed by atoms with Crippen molar-refractivity contribution in [3.05, 3.63) is 35.9 Å². The van der Waals surface area contributed by atoms with E-state index in [0.29, 0.717) is 12.7 Å². The second kappa shape index (κ2) is 10.6. The molecular formula is C21H25N5O7. The first kappa shape index (κ1) is 23.7. The number of urea groups is 1. The number of hydrazine groups is 2. The van der Waals surface area contributed by atoms with Crippen LogP contribution in [0.15, 0.2) is 30.3 Å². The van der Waals surface area contributed by atoms with Crippen LogP contribution in [0.25, 0.3) is 0 Å². The number of carboxylic acid groups (broad SMARTS) is 1. The molecule has 12 heteroatoms. The molecule has 2 aliphatic rings. The molecule has 0 bridgehead atoms. The lowest BCUT2D eigenvalue weighted by atomic mass is 10.1. The predicted molar refractivity (Wildman–Crippen MR) is 112 cm³/mol. The minimum absolute atomic E-state index is 0.0163. The number of benzene rings is 1. The van der Waals surface area contributed by atoms with E-state index in [-0.39, 0.29) is 32.4 Å². The fourth-order valence-electron chi connectivity index (χ4n) is 3.79. The van der Waals surface area contributed by atoms with E-state index < -0.39 is 48.2 Å². The molecule has 2 unspecified atom stereocenters. The Morgan fingerprint density at radius 1 is 1.15 bits per heavy atom. The number of aldehydes is 1. The second-order valence-corrected chi connectivity index (χ2v) is 7.75. The van der Waals surface area contributed by atoms with Gasteiger partial charge in [-0.1, -0.05) is 30.3 Å². The van der Waals surface area contributed by atoms with Crippen LogP contribution in [0.2, 0.25) is 0 Å². The zero-order valence-electron chi connectivity index (χ0n) is 17.8. The van der Waals surface area contributed by atoms with Crippen molar-refractivity contribution in [1.82, 2.24) is 25.8 Å². The van der Waals surface area contributed by atoms with Gasteiger partial charge in [0.15, 0.2) is 0 Å². The van der Waals surface area contributed by atoms with Crippen molar-refractivity contribution in [2.75, 3.05) is 13.1 Å². The van der Waals surface area contributed by atoms with Gasteiger partial charge in [0.2, 0.25) is 17.7 Å². The van der Waals surface area contributed by atoms with Crippen LogP contribution >= 0.6 is 0 Å². The number of carboxylic acids is 1. The van der Waals surface area contributed by atoms with Gasteiger partial charge < -0.3 is 15.2 Å². The Bertz CT molecular complexity index is 938. The predicted octanol–water partition coefficient (Wildman–Crippen LogP) is -0.548. The fourth-order valence-corrected chi connectivity index (χ4v) is 3.79. The van der Waals surface area contributed by atoms with Gasteiger partial charge in [0, 0.05) is 13.0 Å². The molecule has 2 atom stereocenters. The third kappa shape index (κ3) is 5.84. The molecule has 3 N–H and O–H groups in total. The van der Waals surface area contributed by atoms with Gasteiger partial charge in [-0.05, 0) is 18.4 Å². The molecule has 2 aliphatic heterocycles. The smallest absolute Gasteiger partial charge is 0.358 e. The molecule has 2 fully saturated rings. The number of nitrogens with one attached hydrogen (secondary N) is 2. The molecular weight excluding hydrogens is 434 g/mol. The van der Waals surface area contributed by atoms with Gasteiger partial charge in [0.25, 0.3) is 0 Å². The number of carbonyl (C=O) groups is 6. The van der Waals surface area contributed by atoms with Crippen molar-refractivity contribution in [2.45, 2.75) is 44.2 Å². The first-order valence-electron chi connectivity index (χ1n) is 10.5. The maximum absolute atomic E-state index is 13.3. The summed E-state index contributed by atoms with van der Waals surface area (Å²) in [4.78, 5) is 73.3. The Hall–Kier alpha value is -3.96. The first-order valence-corrected chi connectivity index (χ1v) is 10.5. The molecule has 5 amide bonds. The zero-order valence-corrected chi connectivity index (χ0v) is 17.8. The maximum atomic E-state index is 13.3. The van der Waals surface area contributed by atoms with Gasteiger partial charge in [-0.25, -0.2) is 19.8 Å². The van der Waals surface area contributed by atoms with Crippen LogP contribution in [0, 0.1) is 0 Å². The average Bonchev–Trinajstić information content (AvgIpc) is 2.91. The summed E-state index contributed by atoms with van der Waals surface area (Å²) in [6, 6.07) is 5.73. The largest absolute Gasteiger partial charge is 0.481 e. The third-order valence-electron chi connectivity index (χ3n) is 5.32. The van der Waals surface area contributed by atoms with E-state index in [9.17, 15) is 28.8 Å². The van der Waals surface area contributed by atoms with Crippen LogP contribution in [0.3, 0.4) is 0 Å². The topological polar surface area (TPSA) is 156 Å². The summed E-state index contributed by atoms with van der Waals surface area (Å²) in [5.74, 6) is -2.88. The Labute approximate surface area is 189 Å². The molecule has 0 saturated carbocycles. The van der Waals surface area contributed by atoms with E-state index in [0.717, 1.165) is 15.6 Å². The Morgan fingerprint density at radius 2 is 1.88 bits per heavy atom. The Kier molecular flexibility index (Phi) is 7.59. The normalized spacial score (nSPS) is 19.3. The number of rotatable bonds is 8. The SMILES string of the molecule is O=CC(CC(=O)O)NC(=O)C1CCCN2C(=O)CCN(NC(=O)Cc3ccccc3)C(=O)N12. The summed E-state index contributed by atoms with van der Waals surface area (Å²) < 4.78 is 0. The van der Waals surface area contributed by atoms with Crippen LogP contribution in [-0.4, -0.2) is 81.3 Å². The summed E-state index contributed by atoms with van der Waals surface area (Å²) in [7, 11) is 0. The summed E-state index contributed by atoms with van der Waals surface area (Å²) >= 11 is 0. The highest BCUT2D eigenvalue weighted by Crippen LogP contribution is 2.23. The number of hydrogen-bond acceptors (Lipinski definition) is 6. The molecule has 1 aromatic rings. The minimum atomic E-state index is -1.27. The molecule has 0 aromatic heterocycles. The lowest BCUT2D eigenvalue weighted by Gasteiger charge is -2.42. The van der Waals surface area contributed by atoms with Gasteiger partial charge in [0.05, 0.1) is 25.4 Å². The van der Waals surface area contributed by atoms with E-state index >= 15 is 0 Å². The quantitative estimate of drug-likeness (QED) is 0.440. The number of aliphatic carboxylic acids is 1. The van der Waals surface area contributed by atoms with Crippen molar-refractivity contribution in [2.24, 2.45) is 0 Å². The molecule has 33 heavy (non-hydrogen) atoms. The first-order chi connectivity index (χ1) is 15.8. The van der Waals surface area contributed by atoms with Gasteiger partial charge in [-0.2, -0.15) is 0 Å². The zero-order chi connectivity index (χ0) is 24.0. The summed E-state index contributed by atoms with van der Waals surface area (Å²) in [5, 5.41) is 14.4. The number of fused-ring (bicyclic) bond motifs is 1. The molecule has 2 saturated heterocycles. The summed E-state index contributed by atoms with van der Waals surface area (Å²) in [6.45, 7) is 0.141. The van der Waals surface area contributed by atoms with E-state index in [1.807, 2.05) is 6.07 Å². The molecule has 176 valence electrons. The fraction of sp³-hybridized carbons (Fsp3) is 0.429. The Morgan fingerprint density at radius 3 is 2.55 bits per heavy atom. The maximum Gasteiger partial charge on any atom is 0.358 e.